The van der Waals surface area contributed by atoms with Gasteiger partial charge in [0.15, 0.2) is 0 Å². The van der Waals surface area contributed by atoms with Crippen LogP contribution in [0.15, 0.2) is 36.4 Å². The summed E-state index contributed by atoms with van der Waals surface area (Å²) < 4.78 is 31.5. The number of aromatic amines is 1. The highest BCUT2D eigenvalue weighted by Gasteiger charge is 2.08. The lowest BCUT2D eigenvalue weighted by molar-refractivity contribution is 0.415. The highest BCUT2D eigenvalue weighted by atomic mass is 19.1. The lowest BCUT2D eigenvalue weighted by atomic mass is 10.3. The van der Waals surface area contributed by atoms with E-state index in [1.807, 2.05) is 0 Å². The molecule has 0 aliphatic rings. The Morgan fingerprint density at radius 2 is 2.00 bits per heavy atom. The minimum Gasteiger partial charge on any atom is -0.497 e. The van der Waals surface area contributed by atoms with Gasteiger partial charge in [-0.3, -0.25) is 0 Å². The number of aromatic nitrogens is 2. The van der Waals surface area contributed by atoms with E-state index in [1.54, 1.807) is 25.3 Å². The van der Waals surface area contributed by atoms with Gasteiger partial charge in [-0.25, -0.2) is 13.8 Å². The molecule has 6 heteroatoms. The van der Waals surface area contributed by atoms with Gasteiger partial charge in [-0.05, 0) is 24.3 Å². The van der Waals surface area contributed by atoms with Crippen LogP contribution in [0, 0.1) is 11.6 Å². The molecule has 3 aromatic rings. The number of H-pyrrole nitrogens is 1. The second-order valence-electron chi connectivity index (χ2n) is 4.22. The number of halogens is 2. The lowest BCUT2D eigenvalue weighted by Crippen LogP contribution is -1.95. The minimum atomic E-state index is -0.678. The van der Waals surface area contributed by atoms with E-state index in [0.29, 0.717) is 11.7 Å². The van der Waals surface area contributed by atoms with E-state index in [2.05, 4.69) is 15.3 Å². The quantitative estimate of drug-likeness (QED) is 0.768. The summed E-state index contributed by atoms with van der Waals surface area (Å²) >= 11 is 0. The third-order valence-electron chi connectivity index (χ3n) is 2.87. The molecule has 0 aliphatic heterocycles. The average Bonchev–Trinajstić information content (AvgIpc) is 2.83. The lowest BCUT2D eigenvalue weighted by Gasteiger charge is -2.03. The van der Waals surface area contributed by atoms with Gasteiger partial charge in [-0.15, -0.1) is 0 Å². The number of nitrogens with one attached hydrogen (secondary N) is 2. The first-order valence-electron chi connectivity index (χ1n) is 5.91. The molecule has 102 valence electrons. The van der Waals surface area contributed by atoms with Crippen molar-refractivity contribution in [1.82, 2.24) is 9.97 Å². The van der Waals surface area contributed by atoms with Gasteiger partial charge in [0.25, 0.3) is 0 Å². The normalized spacial score (nSPS) is 10.8. The SMILES string of the molecule is COc1ccc2nc(Nc3ccc(F)cc3F)[nH]c2c1. The van der Waals surface area contributed by atoms with E-state index >= 15 is 0 Å². The number of benzene rings is 2. The molecule has 0 bridgehead atoms. The Morgan fingerprint density at radius 1 is 1.15 bits per heavy atom. The molecule has 0 spiro atoms. The van der Waals surface area contributed by atoms with E-state index < -0.39 is 11.6 Å². The van der Waals surface area contributed by atoms with Gasteiger partial charge in [0, 0.05) is 12.1 Å². The Kier molecular flexibility index (Phi) is 2.98. The Bertz CT molecular complexity index is 770. The molecule has 2 aromatic carbocycles. The summed E-state index contributed by atoms with van der Waals surface area (Å²) in [5, 5.41) is 2.78. The van der Waals surface area contributed by atoms with Crippen LogP contribution in [0.1, 0.15) is 0 Å². The summed E-state index contributed by atoms with van der Waals surface area (Å²) in [6, 6.07) is 8.67. The van der Waals surface area contributed by atoms with Crippen molar-refractivity contribution in [3.8, 4) is 5.75 Å². The summed E-state index contributed by atoms with van der Waals surface area (Å²) in [4.78, 5) is 7.26. The van der Waals surface area contributed by atoms with Crippen LogP contribution in [-0.2, 0) is 0 Å². The molecule has 0 aliphatic carbocycles. The first kappa shape index (κ1) is 12.4. The summed E-state index contributed by atoms with van der Waals surface area (Å²) in [6.07, 6.45) is 0. The Morgan fingerprint density at radius 3 is 2.75 bits per heavy atom. The minimum absolute atomic E-state index is 0.150. The van der Waals surface area contributed by atoms with Crippen molar-refractivity contribution in [2.45, 2.75) is 0 Å². The number of anilines is 2. The molecule has 0 radical (unpaired) electrons. The maximum Gasteiger partial charge on any atom is 0.205 e. The van der Waals surface area contributed by atoms with Crippen molar-refractivity contribution in [3.05, 3.63) is 48.0 Å². The van der Waals surface area contributed by atoms with Crippen molar-refractivity contribution < 1.29 is 13.5 Å². The van der Waals surface area contributed by atoms with Gasteiger partial charge in [0.1, 0.15) is 17.4 Å². The molecule has 3 rings (SSSR count). The molecule has 4 nitrogen and oxygen atoms in total. The molecule has 20 heavy (non-hydrogen) atoms. The van der Waals surface area contributed by atoms with Gasteiger partial charge >= 0.3 is 0 Å². The van der Waals surface area contributed by atoms with Crippen molar-refractivity contribution in [2.24, 2.45) is 0 Å². The number of fused-ring (bicyclic) bond motifs is 1. The van der Waals surface area contributed by atoms with Crippen molar-refractivity contribution >= 4 is 22.7 Å². The third-order valence-corrected chi connectivity index (χ3v) is 2.87. The number of ether oxygens (including phenoxy) is 1. The number of rotatable bonds is 3. The van der Waals surface area contributed by atoms with E-state index in [1.165, 1.54) is 12.1 Å². The van der Waals surface area contributed by atoms with Gasteiger partial charge < -0.3 is 15.0 Å². The fourth-order valence-corrected chi connectivity index (χ4v) is 1.89. The average molecular weight is 275 g/mol. The number of nitrogens with zero attached hydrogens (tertiary/aromatic N) is 1. The van der Waals surface area contributed by atoms with E-state index in [4.69, 9.17) is 4.74 Å². The molecule has 1 aromatic heterocycles. The Labute approximate surface area is 113 Å². The molecule has 2 N–H and O–H groups in total. The van der Waals surface area contributed by atoms with Crippen molar-refractivity contribution in [1.29, 1.82) is 0 Å². The van der Waals surface area contributed by atoms with E-state index in [0.717, 1.165) is 17.1 Å². The fraction of sp³-hybridized carbons (Fsp3) is 0.0714. The zero-order valence-corrected chi connectivity index (χ0v) is 10.6. The van der Waals surface area contributed by atoms with Crippen molar-refractivity contribution in [3.63, 3.8) is 0 Å². The predicted octanol–water partition coefficient (Wildman–Crippen LogP) is 3.59. The molecular formula is C14H11F2N3O. The first-order chi connectivity index (χ1) is 9.65. The fourth-order valence-electron chi connectivity index (χ4n) is 1.89. The highest BCUT2D eigenvalue weighted by Crippen LogP contribution is 2.23. The highest BCUT2D eigenvalue weighted by molar-refractivity contribution is 5.79. The predicted molar refractivity (Wildman–Crippen MR) is 72.3 cm³/mol. The van der Waals surface area contributed by atoms with Crippen LogP contribution >= 0.6 is 0 Å². The second kappa shape index (κ2) is 4.80. The molecule has 0 unspecified atom stereocenters. The van der Waals surface area contributed by atoms with Crippen LogP contribution in [0.4, 0.5) is 20.4 Å². The summed E-state index contributed by atoms with van der Waals surface area (Å²) in [5.41, 5.74) is 1.63. The summed E-state index contributed by atoms with van der Waals surface area (Å²) in [7, 11) is 1.57. The van der Waals surface area contributed by atoms with Crippen LogP contribution in [0.3, 0.4) is 0 Å². The largest absolute Gasteiger partial charge is 0.497 e. The number of hydrogen-bond donors (Lipinski definition) is 2. The summed E-state index contributed by atoms with van der Waals surface area (Å²) in [6.45, 7) is 0. The number of methoxy groups -OCH3 is 1. The van der Waals surface area contributed by atoms with Crippen LogP contribution in [0.5, 0.6) is 5.75 Å². The smallest absolute Gasteiger partial charge is 0.205 e. The maximum absolute atomic E-state index is 13.5. The van der Waals surface area contributed by atoms with Crippen LogP contribution in [-0.4, -0.2) is 17.1 Å². The zero-order chi connectivity index (χ0) is 14.1. The van der Waals surface area contributed by atoms with Crippen LogP contribution < -0.4 is 10.1 Å². The van der Waals surface area contributed by atoms with Crippen molar-refractivity contribution in [2.75, 3.05) is 12.4 Å². The van der Waals surface area contributed by atoms with E-state index in [-0.39, 0.29) is 5.69 Å². The first-order valence-corrected chi connectivity index (χ1v) is 5.91. The third kappa shape index (κ3) is 2.27. The molecule has 0 amide bonds. The van der Waals surface area contributed by atoms with Gasteiger partial charge in [0.2, 0.25) is 5.95 Å². The molecule has 0 atom stereocenters. The van der Waals surface area contributed by atoms with E-state index in [9.17, 15) is 8.78 Å². The Balaban J connectivity index is 1.94. The number of imidazole rings is 1. The topological polar surface area (TPSA) is 49.9 Å². The van der Waals surface area contributed by atoms with Gasteiger partial charge in [0.05, 0.1) is 23.8 Å². The molecule has 1 heterocycles. The Hall–Kier alpha value is -2.63. The standard InChI is InChI=1S/C14H11F2N3O/c1-20-9-3-5-12-13(7-9)19-14(18-12)17-11-4-2-8(15)6-10(11)16/h2-7H,1H3,(H2,17,18,19). The molecule has 0 fully saturated rings. The molecule has 0 saturated carbocycles. The number of hydrogen-bond acceptors (Lipinski definition) is 3. The molecular weight excluding hydrogens is 264 g/mol. The van der Waals surface area contributed by atoms with Crippen LogP contribution in [0.25, 0.3) is 11.0 Å². The second-order valence-corrected chi connectivity index (χ2v) is 4.22. The maximum atomic E-state index is 13.5. The van der Waals surface area contributed by atoms with Gasteiger partial charge in [-0.2, -0.15) is 0 Å². The molecule has 0 saturated heterocycles. The van der Waals surface area contributed by atoms with Crippen LogP contribution in [0.2, 0.25) is 0 Å². The monoisotopic (exact) mass is 275 g/mol. The zero-order valence-electron chi connectivity index (χ0n) is 10.6. The van der Waals surface area contributed by atoms with Gasteiger partial charge in [-0.1, -0.05) is 0 Å². The summed E-state index contributed by atoms with van der Waals surface area (Å²) in [5.74, 6) is -0.232.